The molecule has 0 atom stereocenters. The number of hydrogen-bond acceptors (Lipinski definition) is 1. The Hall–Kier alpha value is -0.200. The Balaban J connectivity index is 0.00000361. The van der Waals surface area contributed by atoms with Crippen molar-refractivity contribution in [2.24, 2.45) is 10.7 Å². The molecular weight excluding hydrogens is 408 g/mol. The highest BCUT2D eigenvalue weighted by Crippen LogP contribution is 2.21. The summed E-state index contributed by atoms with van der Waals surface area (Å²) >= 11 is 12.0. The summed E-state index contributed by atoms with van der Waals surface area (Å²) in [5.74, 6) is 0.618. The summed E-state index contributed by atoms with van der Waals surface area (Å²) in [6.45, 7) is 6.61. The molecule has 1 rings (SSSR count). The average molecular weight is 430 g/mol. The molecule has 0 bridgehead atoms. The van der Waals surface area contributed by atoms with E-state index >= 15 is 0 Å². The monoisotopic (exact) mass is 429 g/mol. The van der Waals surface area contributed by atoms with E-state index in [1.807, 2.05) is 17.0 Å². The fourth-order valence-electron chi connectivity index (χ4n) is 1.84. The third kappa shape index (κ3) is 6.50. The molecule has 0 aliphatic heterocycles. The van der Waals surface area contributed by atoms with Gasteiger partial charge in [0.2, 0.25) is 0 Å². The van der Waals surface area contributed by atoms with Crippen molar-refractivity contribution >= 4 is 53.1 Å². The van der Waals surface area contributed by atoms with Crippen LogP contribution in [0.3, 0.4) is 0 Å². The zero-order valence-corrected chi connectivity index (χ0v) is 15.7. The first-order valence-electron chi connectivity index (χ1n) is 6.57. The standard InChI is InChI=1S/C14H21Cl2N3.HI/c1-3-19(4-2)14(17)18-9-5-6-11-7-8-12(15)10-13(11)16;/h7-8,10H,3-6,9H2,1-2H3,(H2,17,18);1H. The van der Waals surface area contributed by atoms with Gasteiger partial charge in [-0.25, -0.2) is 0 Å². The van der Waals surface area contributed by atoms with Crippen LogP contribution in [0.5, 0.6) is 0 Å². The van der Waals surface area contributed by atoms with Crippen molar-refractivity contribution in [2.75, 3.05) is 19.6 Å². The topological polar surface area (TPSA) is 41.6 Å². The van der Waals surface area contributed by atoms with Gasteiger partial charge in [-0.1, -0.05) is 29.3 Å². The summed E-state index contributed by atoms with van der Waals surface area (Å²) in [6.07, 6.45) is 1.80. The number of hydrogen-bond donors (Lipinski definition) is 1. The number of aryl methyl sites for hydroxylation is 1. The van der Waals surface area contributed by atoms with Crippen molar-refractivity contribution in [1.82, 2.24) is 4.90 Å². The van der Waals surface area contributed by atoms with Crippen molar-refractivity contribution in [1.29, 1.82) is 0 Å². The number of halogens is 3. The Bertz CT molecular complexity index is 434. The summed E-state index contributed by atoms with van der Waals surface area (Å²) in [7, 11) is 0. The highest BCUT2D eigenvalue weighted by Gasteiger charge is 2.03. The van der Waals surface area contributed by atoms with Gasteiger partial charge in [-0.05, 0) is 44.4 Å². The lowest BCUT2D eigenvalue weighted by Crippen LogP contribution is -2.37. The fraction of sp³-hybridized carbons (Fsp3) is 0.500. The van der Waals surface area contributed by atoms with Crippen molar-refractivity contribution in [2.45, 2.75) is 26.7 Å². The molecule has 0 saturated carbocycles. The van der Waals surface area contributed by atoms with Gasteiger partial charge in [0.25, 0.3) is 0 Å². The van der Waals surface area contributed by atoms with Crippen LogP contribution in [0.25, 0.3) is 0 Å². The second-order valence-electron chi connectivity index (χ2n) is 4.25. The van der Waals surface area contributed by atoms with Crippen molar-refractivity contribution in [3.8, 4) is 0 Å². The van der Waals surface area contributed by atoms with Crippen molar-refractivity contribution in [3.05, 3.63) is 33.8 Å². The molecule has 0 aliphatic rings. The number of nitrogens with zero attached hydrogens (tertiary/aromatic N) is 2. The second kappa shape index (κ2) is 10.5. The number of aliphatic imine (C=N–C) groups is 1. The number of rotatable bonds is 6. The van der Waals surface area contributed by atoms with Gasteiger partial charge in [0.15, 0.2) is 5.96 Å². The molecule has 0 aromatic heterocycles. The third-order valence-electron chi connectivity index (χ3n) is 2.98. The van der Waals surface area contributed by atoms with Crippen LogP contribution in [-0.2, 0) is 6.42 Å². The maximum absolute atomic E-state index is 6.11. The lowest BCUT2D eigenvalue weighted by atomic mass is 10.1. The third-order valence-corrected chi connectivity index (χ3v) is 3.57. The Morgan fingerprint density at radius 2 is 1.90 bits per heavy atom. The first-order valence-corrected chi connectivity index (χ1v) is 7.32. The molecule has 1 aromatic carbocycles. The predicted molar refractivity (Wildman–Crippen MR) is 99.6 cm³/mol. The lowest BCUT2D eigenvalue weighted by molar-refractivity contribution is 0.458. The van der Waals surface area contributed by atoms with E-state index in [1.54, 1.807) is 6.07 Å². The quantitative estimate of drug-likeness (QED) is 0.318. The normalized spacial score (nSPS) is 11.1. The zero-order valence-electron chi connectivity index (χ0n) is 11.9. The molecule has 0 spiro atoms. The van der Waals surface area contributed by atoms with Crippen LogP contribution in [0.4, 0.5) is 0 Å². The van der Waals surface area contributed by atoms with Gasteiger partial charge in [0.1, 0.15) is 0 Å². The van der Waals surface area contributed by atoms with E-state index in [4.69, 9.17) is 28.9 Å². The number of nitrogens with two attached hydrogens (primary N) is 1. The smallest absolute Gasteiger partial charge is 0.191 e. The zero-order chi connectivity index (χ0) is 14.3. The van der Waals surface area contributed by atoms with Crippen LogP contribution in [0.15, 0.2) is 23.2 Å². The van der Waals surface area contributed by atoms with E-state index in [0.29, 0.717) is 22.5 Å². The molecule has 2 N–H and O–H groups in total. The van der Waals surface area contributed by atoms with Gasteiger partial charge in [-0.2, -0.15) is 0 Å². The summed E-state index contributed by atoms with van der Waals surface area (Å²) in [6, 6.07) is 5.59. The molecule has 114 valence electrons. The summed E-state index contributed by atoms with van der Waals surface area (Å²) in [4.78, 5) is 6.42. The van der Waals surface area contributed by atoms with Crippen LogP contribution >= 0.6 is 47.2 Å². The molecular formula is C14H22Cl2IN3. The van der Waals surface area contributed by atoms with Gasteiger partial charge in [0.05, 0.1) is 0 Å². The van der Waals surface area contributed by atoms with Gasteiger partial charge in [0, 0.05) is 29.7 Å². The molecule has 3 nitrogen and oxygen atoms in total. The minimum atomic E-state index is 0. The van der Waals surface area contributed by atoms with E-state index < -0.39 is 0 Å². The SMILES string of the molecule is CCN(CC)C(N)=NCCCc1ccc(Cl)cc1Cl.I. The van der Waals surface area contributed by atoms with Gasteiger partial charge in [-0.15, -0.1) is 24.0 Å². The molecule has 6 heteroatoms. The van der Waals surface area contributed by atoms with E-state index in [2.05, 4.69) is 18.8 Å². The predicted octanol–water partition coefficient (Wildman–Crippen LogP) is 4.20. The first-order chi connectivity index (χ1) is 9.08. The van der Waals surface area contributed by atoms with Crippen molar-refractivity contribution < 1.29 is 0 Å². The Labute approximate surface area is 148 Å². The summed E-state index contributed by atoms with van der Waals surface area (Å²) < 4.78 is 0. The van der Waals surface area contributed by atoms with Gasteiger partial charge >= 0.3 is 0 Å². The first kappa shape index (κ1) is 19.8. The van der Waals surface area contributed by atoms with E-state index in [0.717, 1.165) is 31.5 Å². The number of benzene rings is 1. The lowest BCUT2D eigenvalue weighted by Gasteiger charge is -2.19. The molecule has 0 radical (unpaired) electrons. The number of guanidine groups is 1. The highest BCUT2D eigenvalue weighted by molar-refractivity contribution is 14.0. The highest BCUT2D eigenvalue weighted by atomic mass is 127. The second-order valence-corrected chi connectivity index (χ2v) is 5.10. The fourth-order valence-corrected chi connectivity index (χ4v) is 2.34. The minimum absolute atomic E-state index is 0. The van der Waals surface area contributed by atoms with Crippen molar-refractivity contribution in [3.63, 3.8) is 0 Å². The Morgan fingerprint density at radius 3 is 2.45 bits per heavy atom. The maximum atomic E-state index is 6.11. The van der Waals surface area contributed by atoms with Crippen LogP contribution < -0.4 is 5.73 Å². The molecule has 0 fully saturated rings. The largest absolute Gasteiger partial charge is 0.370 e. The average Bonchev–Trinajstić information content (AvgIpc) is 2.38. The maximum Gasteiger partial charge on any atom is 0.191 e. The van der Waals surface area contributed by atoms with Crippen LogP contribution in [0.1, 0.15) is 25.8 Å². The van der Waals surface area contributed by atoms with E-state index in [-0.39, 0.29) is 24.0 Å². The molecule has 1 aromatic rings. The molecule has 0 amide bonds. The van der Waals surface area contributed by atoms with E-state index in [1.165, 1.54) is 0 Å². The van der Waals surface area contributed by atoms with Crippen LogP contribution in [0.2, 0.25) is 10.0 Å². The van der Waals surface area contributed by atoms with Crippen LogP contribution in [-0.4, -0.2) is 30.5 Å². The molecule has 0 aliphatic carbocycles. The molecule has 0 unspecified atom stereocenters. The summed E-state index contributed by atoms with van der Waals surface area (Å²) in [5.41, 5.74) is 7.00. The van der Waals surface area contributed by atoms with Gasteiger partial charge in [-0.3, -0.25) is 4.99 Å². The molecule has 0 heterocycles. The molecule has 20 heavy (non-hydrogen) atoms. The van der Waals surface area contributed by atoms with E-state index in [9.17, 15) is 0 Å². The molecule has 0 saturated heterocycles. The Kier molecular flexibility index (Phi) is 10.4. The van der Waals surface area contributed by atoms with Crippen LogP contribution in [0, 0.1) is 0 Å². The Morgan fingerprint density at radius 1 is 1.25 bits per heavy atom. The van der Waals surface area contributed by atoms with Gasteiger partial charge < -0.3 is 10.6 Å². The minimum Gasteiger partial charge on any atom is -0.370 e. The summed E-state index contributed by atoms with van der Waals surface area (Å²) in [5, 5.41) is 1.38.